The fourth-order valence-corrected chi connectivity index (χ4v) is 3.03. The average Bonchev–Trinajstić information content (AvgIpc) is 2.41. The maximum Gasteiger partial charge on any atom is 0.115 e. The van der Waals surface area contributed by atoms with Crippen molar-refractivity contribution in [3.63, 3.8) is 0 Å². The molecule has 2 aromatic carbocycles. The SMILES string of the molecule is Oc1ccc(CC2CCCc3cc(O)ccc32)cc1. The molecule has 2 aromatic rings. The molecular formula is C17H18O2. The van der Waals surface area contributed by atoms with Crippen molar-refractivity contribution < 1.29 is 10.2 Å². The van der Waals surface area contributed by atoms with E-state index in [0.29, 0.717) is 17.4 Å². The molecule has 2 N–H and O–H groups in total. The summed E-state index contributed by atoms with van der Waals surface area (Å²) >= 11 is 0. The zero-order chi connectivity index (χ0) is 13.2. The van der Waals surface area contributed by atoms with Gasteiger partial charge in [-0.2, -0.15) is 0 Å². The normalized spacial score (nSPS) is 18.0. The lowest BCUT2D eigenvalue weighted by Gasteiger charge is -2.25. The Bertz CT molecular complexity index is 572. The van der Waals surface area contributed by atoms with Crippen molar-refractivity contribution in [1.29, 1.82) is 0 Å². The number of hydrogen-bond acceptors (Lipinski definition) is 2. The van der Waals surface area contributed by atoms with Crippen LogP contribution in [0, 0.1) is 0 Å². The van der Waals surface area contributed by atoms with Gasteiger partial charge in [0.1, 0.15) is 11.5 Å². The maximum absolute atomic E-state index is 9.57. The van der Waals surface area contributed by atoms with E-state index in [4.69, 9.17) is 0 Å². The molecule has 19 heavy (non-hydrogen) atoms. The summed E-state index contributed by atoms with van der Waals surface area (Å²) in [5, 5.41) is 18.9. The summed E-state index contributed by atoms with van der Waals surface area (Å²) in [6.07, 6.45) is 4.44. The van der Waals surface area contributed by atoms with E-state index in [9.17, 15) is 10.2 Å². The van der Waals surface area contributed by atoms with Crippen LogP contribution in [0.2, 0.25) is 0 Å². The van der Waals surface area contributed by atoms with Gasteiger partial charge < -0.3 is 10.2 Å². The predicted molar refractivity (Wildman–Crippen MR) is 75.6 cm³/mol. The number of phenolic OH excluding ortho intramolecular Hbond substituents is 2. The van der Waals surface area contributed by atoms with Crippen LogP contribution in [0.4, 0.5) is 0 Å². The summed E-state index contributed by atoms with van der Waals surface area (Å²) in [7, 11) is 0. The monoisotopic (exact) mass is 254 g/mol. The van der Waals surface area contributed by atoms with Crippen LogP contribution >= 0.6 is 0 Å². The number of hydrogen-bond donors (Lipinski definition) is 2. The van der Waals surface area contributed by atoms with Crippen LogP contribution < -0.4 is 0 Å². The largest absolute Gasteiger partial charge is 0.508 e. The first-order valence-corrected chi connectivity index (χ1v) is 6.82. The topological polar surface area (TPSA) is 40.5 Å². The predicted octanol–water partition coefficient (Wildman–Crippen LogP) is 3.76. The minimum absolute atomic E-state index is 0.317. The molecular weight excluding hydrogens is 236 g/mol. The van der Waals surface area contributed by atoms with E-state index >= 15 is 0 Å². The lowest BCUT2D eigenvalue weighted by molar-refractivity contribution is 0.470. The number of rotatable bonds is 2. The Balaban J connectivity index is 1.85. The summed E-state index contributed by atoms with van der Waals surface area (Å²) in [6, 6.07) is 13.2. The van der Waals surface area contributed by atoms with Crippen molar-refractivity contribution in [2.45, 2.75) is 31.6 Å². The lowest BCUT2D eigenvalue weighted by atomic mass is 9.79. The van der Waals surface area contributed by atoms with Crippen molar-refractivity contribution in [2.75, 3.05) is 0 Å². The molecule has 1 unspecified atom stereocenters. The van der Waals surface area contributed by atoms with Gasteiger partial charge >= 0.3 is 0 Å². The van der Waals surface area contributed by atoms with Crippen LogP contribution in [-0.4, -0.2) is 10.2 Å². The van der Waals surface area contributed by atoms with E-state index in [0.717, 1.165) is 12.8 Å². The van der Waals surface area contributed by atoms with Crippen molar-refractivity contribution in [3.05, 3.63) is 59.2 Å². The van der Waals surface area contributed by atoms with Crippen LogP contribution in [0.15, 0.2) is 42.5 Å². The van der Waals surface area contributed by atoms with E-state index in [1.54, 1.807) is 18.2 Å². The fraction of sp³-hybridized carbons (Fsp3) is 0.294. The first kappa shape index (κ1) is 12.1. The zero-order valence-corrected chi connectivity index (χ0v) is 10.8. The molecule has 0 fully saturated rings. The highest BCUT2D eigenvalue weighted by Gasteiger charge is 2.20. The minimum atomic E-state index is 0.317. The second kappa shape index (κ2) is 4.96. The molecule has 0 aliphatic heterocycles. The first-order chi connectivity index (χ1) is 9.22. The molecule has 0 amide bonds. The van der Waals surface area contributed by atoms with E-state index < -0.39 is 0 Å². The number of aromatic hydroxyl groups is 2. The van der Waals surface area contributed by atoms with Gasteiger partial charge in [0, 0.05) is 0 Å². The Labute approximate surface area is 113 Å². The van der Waals surface area contributed by atoms with Gasteiger partial charge in [0.25, 0.3) is 0 Å². The van der Waals surface area contributed by atoms with Gasteiger partial charge in [0.15, 0.2) is 0 Å². The molecule has 0 bridgehead atoms. The second-order valence-electron chi connectivity index (χ2n) is 5.34. The third-order valence-corrected chi connectivity index (χ3v) is 3.98. The maximum atomic E-state index is 9.57. The number of phenols is 2. The molecule has 0 aromatic heterocycles. The van der Waals surface area contributed by atoms with Gasteiger partial charge in [-0.25, -0.2) is 0 Å². The number of fused-ring (bicyclic) bond motifs is 1. The smallest absolute Gasteiger partial charge is 0.115 e. The van der Waals surface area contributed by atoms with Crippen LogP contribution in [0.1, 0.15) is 35.4 Å². The van der Waals surface area contributed by atoms with Gasteiger partial charge in [0.2, 0.25) is 0 Å². The van der Waals surface area contributed by atoms with Crippen molar-refractivity contribution >= 4 is 0 Å². The highest BCUT2D eigenvalue weighted by Crippen LogP contribution is 2.35. The van der Waals surface area contributed by atoms with Crippen LogP contribution in [0.3, 0.4) is 0 Å². The van der Waals surface area contributed by atoms with E-state index in [2.05, 4.69) is 6.07 Å². The van der Waals surface area contributed by atoms with Crippen LogP contribution in [0.25, 0.3) is 0 Å². The Kier molecular flexibility index (Phi) is 3.16. The van der Waals surface area contributed by atoms with Gasteiger partial charge in [-0.3, -0.25) is 0 Å². The van der Waals surface area contributed by atoms with E-state index in [1.807, 2.05) is 18.2 Å². The Morgan fingerprint density at radius 2 is 1.68 bits per heavy atom. The highest BCUT2D eigenvalue weighted by molar-refractivity contribution is 5.39. The Morgan fingerprint density at radius 3 is 2.47 bits per heavy atom. The molecule has 2 nitrogen and oxygen atoms in total. The second-order valence-corrected chi connectivity index (χ2v) is 5.34. The quantitative estimate of drug-likeness (QED) is 0.856. The molecule has 0 saturated heterocycles. The summed E-state index contributed by atoms with van der Waals surface area (Å²) in [6.45, 7) is 0. The molecule has 1 aliphatic rings. The summed E-state index contributed by atoms with van der Waals surface area (Å²) in [4.78, 5) is 0. The summed E-state index contributed by atoms with van der Waals surface area (Å²) in [5.74, 6) is 1.20. The lowest BCUT2D eigenvalue weighted by Crippen LogP contribution is -2.12. The van der Waals surface area contributed by atoms with Crippen LogP contribution in [0.5, 0.6) is 11.5 Å². The highest BCUT2D eigenvalue weighted by atomic mass is 16.3. The average molecular weight is 254 g/mol. The molecule has 0 spiro atoms. The molecule has 3 rings (SSSR count). The number of benzene rings is 2. The van der Waals surface area contributed by atoms with Crippen molar-refractivity contribution in [1.82, 2.24) is 0 Å². The molecule has 2 heteroatoms. The minimum Gasteiger partial charge on any atom is -0.508 e. The molecule has 98 valence electrons. The molecule has 1 atom stereocenters. The summed E-state index contributed by atoms with van der Waals surface area (Å²) < 4.78 is 0. The Morgan fingerprint density at radius 1 is 0.947 bits per heavy atom. The molecule has 0 saturated carbocycles. The zero-order valence-electron chi connectivity index (χ0n) is 10.8. The van der Waals surface area contributed by atoms with Gasteiger partial charge in [-0.1, -0.05) is 18.2 Å². The number of aryl methyl sites for hydroxylation is 1. The van der Waals surface area contributed by atoms with E-state index in [-0.39, 0.29) is 0 Å². The standard InChI is InChI=1S/C17H18O2/c18-15-6-4-12(5-7-15)10-13-2-1-3-14-11-16(19)8-9-17(13)14/h4-9,11,13,18-19H,1-3,10H2. The van der Waals surface area contributed by atoms with E-state index in [1.165, 1.54) is 29.5 Å². The third kappa shape index (κ3) is 2.58. The van der Waals surface area contributed by atoms with Crippen LogP contribution in [-0.2, 0) is 12.8 Å². The third-order valence-electron chi connectivity index (χ3n) is 3.98. The summed E-state index contributed by atoms with van der Waals surface area (Å²) in [5.41, 5.74) is 3.91. The Hall–Kier alpha value is -1.96. The van der Waals surface area contributed by atoms with Gasteiger partial charge in [-0.15, -0.1) is 0 Å². The van der Waals surface area contributed by atoms with Gasteiger partial charge in [-0.05, 0) is 72.6 Å². The molecule has 0 radical (unpaired) electrons. The first-order valence-electron chi connectivity index (χ1n) is 6.82. The fourth-order valence-electron chi connectivity index (χ4n) is 3.03. The molecule has 1 aliphatic carbocycles. The van der Waals surface area contributed by atoms with Gasteiger partial charge in [0.05, 0.1) is 0 Å². The van der Waals surface area contributed by atoms with Crippen molar-refractivity contribution in [3.8, 4) is 11.5 Å². The molecule has 0 heterocycles. The van der Waals surface area contributed by atoms with Crippen molar-refractivity contribution in [2.24, 2.45) is 0 Å².